The van der Waals surface area contributed by atoms with Crippen molar-refractivity contribution in [3.05, 3.63) is 28.6 Å². The van der Waals surface area contributed by atoms with E-state index in [9.17, 15) is 4.79 Å². The number of amides is 1. The molecular weight excluding hydrogens is 312 g/mol. The van der Waals surface area contributed by atoms with E-state index in [2.05, 4.69) is 10.0 Å². The molecule has 1 saturated heterocycles. The molecule has 0 aromatic heterocycles. The third kappa shape index (κ3) is 3.72. The van der Waals surface area contributed by atoms with Crippen LogP contribution in [0.5, 0.6) is 11.5 Å². The fourth-order valence-corrected chi connectivity index (χ4v) is 2.84. The minimum Gasteiger partial charge on any atom is -0.478 e. The van der Waals surface area contributed by atoms with Gasteiger partial charge in [-0.1, -0.05) is 11.2 Å². The number of ether oxygens (including phenoxy) is 3. The number of para-hydroxylation sites is 1. The maximum atomic E-state index is 12.2. The minimum atomic E-state index is -0.273. The number of hydrogen-bond acceptors (Lipinski definition) is 5. The Kier molecular flexibility index (Phi) is 5.40. The highest BCUT2D eigenvalue weighted by molar-refractivity contribution is 5.98. The molecule has 2 aliphatic heterocycles. The number of benzene rings is 1. The zero-order valence-electron chi connectivity index (χ0n) is 13.4. The topological polar surface area (TPSA) is 96.8 Å². The lowest BCUT2D eigenvalue weighted by molar-refractivity contribution is -0.121. The summed E-state index contributed by atoms with van der Waals surface area (Å²) < 4.78 is 17.1. The van der Waals surface area contributed by atoms with Crippen molar-refractivity contribution in [3.63, 3.8) is 0 Å². The van der Waals surface area contributed by atoms with E-state index in [1.54, 1.807) is 4.90 Å². The first kappa shape index (κ1) is 16.4. The van der Waals surface area contributed by atoms with Crippen molar-refractivity contribution in [3.8, 4) is 11.5 Å². The van der Waals surface area contributed by atoms with Crippen LogP contribution in [0.15, 0.2) is 23.3 Å². The molecule has 0 aliphatic carbocycles. The van der Waals surface area contributed by atoms with Gasteiger partial charge in [-0.05, 0) is 36.9 Å². The van der Waals surface area contributed by atoms with E-state index < -0.39 is 0 Å². The van der Waals surface area contributed by atoms with E-state index >= 15 is 0 Å². The van der Waals surface area contributed by atoms with Gasteiger partial charge in [0.2, 0.25) is 0 Å². The van der Waals surface area contributed by atoms with Crippen molar-refractivity contribution >= 4 is 11.6 Å². The average Bonchev–Trinajstić information content (AvgIpc) is 2.61. The number of anilines is 1. The first-order valence-electron chi connectivity index (χ1n) is 8.15. The van der Waals surface area contributed by atoms with E-state index in [1.807, 2.05) is 18.2 Å². The van der Waals surface area contributed by atoms with Crippen LogP contribution < -0.4 is 14.4 Å². The van der Waals surface area contributed by atoms with Gasteiger partial charge in [-0.25, -0.2) is 0 Å². The lowest BCUT2D eigenvalue weighted by Gasteiger charge is -2.31. The zero-order chi connectivity index (χ0) is 16.8. The monoisotopic (exact) mass is 332 g/mol. The first-order chi connectivity index (χ1) is 11.8. The van der Waals surface area contributed by atoms with Crippen LogP contribution in [0.2, 0.25) is 0 Å². The maximum Gasteiger partial charge on any atom is 0.265 e. The highest BCUT2D eigenvalue weighted by Crippen LogP contribution is 2.41. The van der Waals surface area contributed by atoms with Gasteiger partial charge in [0.15, 0.2) is 24.4 Å². The molecule has 0 N–H and O–H groups in total. The van der Waals surface area contributed by atoms with Gasteiger partial charge in [-0.2, -0.15) is 0 Å². The summed E-state index contributed by atoms with van der Waals surface area (Å²) in [6, 6.07) is 5.48. The molecule has 1 unspecified atom stereocenters. The molecule has 8 heteroatoms. The zero-order valence-corrected chi connectivity index (χ0v) is 13.4. The van der Waals surface area contributed by atoms with Crippen molar-refractivity contribution in [1.29, 1.82) is 0 Å². The molecule has 8 nitrogen and oxygen atoms in total. The summed E-state index contributed by atoms with van der Waals surface area (Å²) in [5.41, 5.74) is 9.02. The van der Waals surface area contributed by atoms with Gasteiger partial charge in [-0.15, -0.1) is 0 Å². The Bertz CT molecular complexity index is 639. The molecule has 3 rings (SSSR count). The molecule has 0 saturated carbocycles. The van der Waals surface area contributed by atoms with Gasteiger partial charge in [0.05, 0.1) is 12.3 Å². The smallest absolute Gasteiger partial charge is 0.265 e. The third-order valence-corrected chi connectivity index (χ3v) is 3.99. The van der Waals surface area contributed by atoms with Gasteiger partial charge in [0.25, 0.3) is 5.91 Å². The Labute approximate surface area is 139 Å². The highest BCUT2D eigenvalue weighted by Gasteiger charge is 2.28. The van der Waals surface area contributed by atoms with Crippen LogP contribution in [0.1, 0.15) is 25.7 Å². The van der Waals surface area contributed by atoms with Crippen LogP contribution in [0, 0.1) is 0 Å². The molecule has 1 aromatic carbocycles. The van der Waals surface area contributed by atoms with Gasteiger partial charge in [0.1, 0.15) is 0 Å². The summed E-state index contributed by atoms with van der Waals surface area (Å²) >= 11 is 0. The fourth-order valence-electron chi connectivity index (χ4n) is 2.84. The predicted molar refractivity (Wildman–Crippen MR) is 87.1 cm³/mol. The quantitative estimate of drug-likeness (QED) is 0.346. The van der Waals surface area contributed by atoms with Gasteiger partial charge in [-0.3, -0.25) is 4.79 Å². The SMILES string of the molecule is [N-]=[N+]=NCCCN1C(=O)COc2c(OC3CCCCO3)cccc21. The molecule has 1 atom stereocenters. The van der Waals surface area contributed by atoms with Crippen LogP contribution in [-0.4, -0.2) is 38.5 Å². The van der Waals surface area contributed by atoms with Crippen LogP contribution in [-0.2, 0) is 9.53 Å². The summed E-state index contributed by atoms with van der Waals surface area (Å²) in [5.74, 6) is 1.04. The van der Waals surface area contributed by atoms with E-state index in [-0.39, 0.29) is 18.8 Å². The molecule has 1 aromatic rings. The second-order valence-corrected chi connectivity index (χ2v) is 5.66. The molecule has 2 heterocycles. The molecule has 0 spiro atoms. The summed E-state index contributed by atoms with van der Waals surface area (Å²) in [6.45, 7) is 1.49. The van der Waals surface area contributed by atoms with E-state index in [0.717, 1.165) is 19.3 Å². The number of azide groups is 1. The molecule has 128 valence electrons. The number of rotatable bonds is 6. The van der Waals surface area contributed by atoms with E-state index in [4.69, 9.17) is 19.7 Å². The molecule has 2 aliphatic rings. The van der Waals surface area contributed by atoms with E-state index in [1.165, 1.54) is 0 Å². The Hall–Kier alpha value is -2.44. The van der Waals surface area contributed by atoms with Crippen molar-refractivity contribution in [2.45, 2.75) is 32.0 Å². The summed E-state index contributed by atoms with van der Waals surface area (Å²) in [4.78, 5) is 16.5. The van der Waals surface area contributed by atoms with Crippen LogP contribution in [0.3, 0.4) is 0 Å². The number of hydrogen-bond donors (Lipinski definition) is 0. The summed E-state index contributed by atoms with van der Waals surface area (Å²) in [5, 5.41) is 3.50. The second-order valence-electron chi connectivity index (χ2n) is 5.66. The Morgan fingerprint density at radius 3 is 3.12 bits per heavy atom. The number of carbonyl (C=O) groups excluding carboxylic acids is 1. The second kappa shape index (κ2) is 7.90. The Balaban J connectivity index is 1.76. The normalized spacial score (nSPS) is 19.9. The van der Waals surface area contributed by atoms with Gasteiger partial charge < -0.3 is 19.1 Å². The number of carbonyl (C=O) groups is 1. The van der Waals surface area contributed by atoms with Crippen LogP contribution in [0.25, 0.3) is 10.4 Å². The Morgan fingerprint density at radius 1 is 1.42 bits per heavy atom. The van der Waals surface area contributed by atoms with Crippen molar-refractivity contribution in [1.82, 2.24) is 0 Å². The highest BCUT2D eigenvalue weighted by atomic mass is 16.7. The lowest BCUT2D eigenvalue weighted by atomic mass is 10.2. The fraction of sp³-hybridized carbons (Fsp3) is 0.562. The molecule has 24 heavy (non-hydrogen) atoms. The predicted octanol–water partition coefficient (Wildman–Crippen LogP) is 3.02. The Morgan fingerprint density at radius 2 is 2.33 bits per heavy atom. The largest absolute Gasteiger partial charge is 0.478 e. The van der Waals surface area contributed by atoms with Crippen LogP contribution in [0.4, 0.5) is 5.69 Å². The lowest BCUT2D eigenvalue weighted by Crippen LogP contribution is -2.39. The van der Waals surface area contributed by atoms with Crippen LogP contribution >= 0.6 is 0 Å². The first-order valence-corrected chi connectivity index (χ1v) is 8.15. The minimum absolute atomic E-state index is 0.0274. The van der Waals surface area contributed by atoms with Gasteiger partial charge in [0, 0.05) is 24.4 Å². The molecule has 0 bridgehead atoms. The molecular formula is C16H20N4O4. The van der Waals surface area contributed by atoms with E-state index in [0.29, 0.717) is 43.3 Å². The maximum absolute atomic E-state index is 12.2. The number of fused-ring (bicyclic) bond motifs is 1. The van der Waals surface area contributed by atoms with Crippen molar-refractivity contribution < 1.29 is 19.0 Å². The summed E-state index contributed by atoms with van der Waals surface area (Å²) in [7, 11) is 0. The molecule has 1 fully saturated rings. The standard InChI is InChI=1S/C16H20N4O4/c17-19-18-8-4-9-20-12-5-3-6-13(16(12)23-11-14(20)21)24-15-7-1-2-10-22-15/h3,5-6,15H,1-2,4,7-11H2. The molecule has 0 radical (unpaired) electrons. The third-order valence-electron chi connectivity index (χ3n) is 3.99. The average molecular weight is 332 g/mol. The summed E-state index contributed by atoms with van der Waals surface area (Å²) in [6.07, 6.45) is 3.29. The van der Waals surface area contributed by atoms with Gasteiger partial charge >= 0.3 is 0 Å². The molecule has 1 amide bonds. The van der Waals surface area contributed by atoms with Crippen molar-refractivity contribution in [2.24, 2.45) is 5.11 Å². The van der Waals surface area contributed by atoms with Crippen molar-refractivity contribution in [2.75, 3.05) is 31.2 Å². The number of nitrogens with zero attached hydrogens (tertiary/aromatic N) is 4.